The normalized spacial score (nSPS) is 34.7. The lowest BCUT2D eigenvalue weighted by molar-refractivity contribution is -0.300. The number of aliphatic hydroxyl groups excluding tert-OH is 3. The maximum Gasteiger partial charge on any atom is 0.320 e. The minimum Gasteiger partial charge on any atom is -0.490 e. The number of thioether (sulfide) groups is 1. The Balaban J connectivity index is 1.18. The molecular formula is C56H82Cl2N4O14S. The summed E-state index contributed by atoms with van der Waals surface area (Å²) in [5.41, 5.74) is -0.749. The summed E-state index contributed by atoms with van der Waals surface area (Å²) >= 11 is 14.8. The number of rotatable bonds is 15. The van der Waals surface area contributed by atoms with Crippen LogP contribution in [0.25, 0.3) is 0 Å². The highest BCUT2D eigenvalue weighted by atomic mass is 35.5. The monoisotopic (exact) mass is 1140 g/mol. The molecule has 430 valence electrons. The Morgan fingerprint density at radius 2 is 1.65 bits per heavy atom. The average Bonchev–Trinajstić information content (AvgIpc) is 4.07. The first-order valence-corrected chi connectivity index (χ1v) is 29.2. The van der Waals surface area contributed by atoms with Crippen LogP contribution in [0, 0.1) is 29.6 Å². The molecule has 5 heterocycles. The number of anilines is 1. The number of ketones is 1. The molecule has 3 N–H and O–H groups in total. The maximum atomic E-state index is 15.2. The summed E-state index contributed by atoms with van der Waals surface area (Å²) in [6.07, 6.45) is 1.06. The van der Waals surface area contributed by atoms with E-state index < -0.39 is 101 Å². The number of morpholine rings is 1. The van der Waals surface area contributed by atoms with Crippen LogP contribution in [0.2, 0.25) is 10.0 Å². The summed E-state index contributed by atoms with van der Waals surface area (Å²) in [6.45, 7) is 16.1. The Labute approximate surface area is 468 Å². The summed E-state index contributed by atoms with van der Waals surface area (Å²) in [4.78, 5) is 67.3. The van der Waals surface area contributed by atoms with Crippen LogP contribution in [0.3, 0.4) is 0 Å². The van der Waals surface area contributed by atoms with Gasteiger partial charge in [0.1, 0.15) is 29.0 Å². The van der Waals surface area contributed by atoms with Crippen LogP contribution < -0.4 is 9.64 Å². The van der Waals surface area contributed by atoms with Gasteiger partial charge < -0.3 is 63.2 Å². The fraction of sp³-hybridized carbons (Fsp3) is 0.732. The fourth-order valence-corrected chi connectivity index (χ4v) is 14.4. The molecule has 1 aliphatic carbocycles. The number of amides is 2. The van der Waals surface area contributed by atoms with E-state index in [-0.39, 0.29) is 43.9 Å². The van der Waals surface area contributed by atoms with Gasteiger partial charge in [-0.05, 0) is 78.7 Å². The van der Waals surface area contributed by atoms with Gasteiger partial charge in [-0.1, -0.05) is 57.0 Å². The Morgan fingerprint density at radius 1 is 0.974 bits per heavy atom. The van der Waals surface area contributed by atoms with Crippen molar-refractivity contribution in [1.82, 2.24) is 14.8 Å². The van der Waals surface area contributed by atoms with E-state index in [9.17, 15) is 29.7 Å². The van der Waals surface area contributed by atoms with Gasteiger partial charge in [-0.15, -0.1) is 11.8 Å². The van der Waals surface area contributed by atoms with Crippen LogP contribution in [-0.2, 0) is 56.0 Å². The number of hydrogen-bond donors (Lipinski definition) is 3. The summed E-state index contributed by atoms with van der Waals surface area (Å²) in [6, 6.07) is 4.68. The average molecular weight is 1140 g/mol. The van der Waals surface area contributed by atoms with Crippen LogP contribution in [0.5, 0.6) is 5.75 Å². The smallest absolute Gasteiger partial charge is 0.320 e. The largest absolute Gasteiger partial charge is 0.490 e. The first-order chi connectivity index (χ1) is 36.6. The third-order valence-electron chi connectivity index (χ3n) is 17.1. The van der Waals surface area contributed by atoms with Crippen molar-refractivity contribution in [2.75, 3.05) is 57.7 Å². The molecule has 7 rings (SSSR count). The molecule has 5 aliphatic rings. The lowest BCUT2D eigenvalue weighted by Gasteiger charge is -2.48. The summed E-state index contributed by atoms with van der Waals surface area (Å²) in [7, 11) is 3.13. The van der Waals surface area contributed by atoms with Crippen LogP contribution >= 0.6 is 35.0 Å². The molecule has 0 radical (unpaired) electrons. The summed E-state index contributed by atoms with van der Waals surface area (Å²) in [5, 5.41) is 34.4. The number of carbonyl (C=O) groups excluding carboxylic acids is 4. The number of Topliss-reactive ketones (excluding diaryl/α,β-unsaturated/α-hetero) is 1. The van der Waals surface area contributed by atoms with Gasteiger partial charge in [-0.25, -0.2) is 4.79 Å². The number of fused-ring (bicyclic) bond motifs is 1. The van der Waals surface area contributed by atoms with E-state index in [1.165, 1.54) is 36.2 Å². The zero-order valence-electron chi connectivity index (χ0n) is 46.4. The molecule has 4 saturated heterocycles. The Hall–Kier alpha value is -3.50. The number of pyridine rings is 1. The number of benzene rings is 1. The second-order valence-corrected chi connectivity index (χ2v) is 24.4. The number of aliphatic hydroxyl groups is 3. The number of ether oxygens (including phenoxy) is 7. The first-order valence-electron chi connectivity index (χ1n) is 27.4. The second kappa shape index (κ2) is 26.4. The number of urea groups is 1. The number of methoxy groups -OCH3 is 1. The van der Waals surface area contributed by atoms with Crippen molar-refractivity contribution in [2.24, 2.45) is 29.6 Å². The van der Waals surface area contributed by atoms with Crippen molar-refractivity contribution in [1.29, 1.82) is 0 Å². The molecule has 21 heteroatoms. The Kier molecular flexibility index (Phi) is 21.0. The topological polar surface area (TPSA) is 216 Å². The van der Waals surface area contributed by atoms with Gasteiger partial charge in [0.25, 0.3) is 0 Å². The number of halogens is 2. The number of carbonyl (C=O) groups is 4. The number of esters is 2. The SMILES string of the molecule is CC[C@H]1OC(=O)[C@H](C)[C@@H](O)[C@H](C)[C@@H](O[C@@H]2O[C@H](C)C[C@H](N(C)C(=O)N3CCOCC3)[C@H]2O)[C@](C)(OC)C[C@@H](C)C(=O)C(C)[C@H]2C(SCCN(Cc3c(Cl)cncc3Cl)c3ccc(CO)c(OC4CCCC4)c3)C(=O)O[C@@]21C. The minimum absolute atomic E-state index is 0.0364. The zero-order chi connectivity index (χ0) is 56.1. The highest BCUT2D eigenvalue weighted by molar-refractivity contribution is 8.00. The van der Waals surface area contributed by atoms with Crippen molar-refractivity contribution in [3.8, 4) is 5.75 Å². The molecule has 1 aromatic heterocycles. The van der Waals surface area contributed by atoms with Gasteiger partial charge in [0.2, 0.25) is 0 Å². The minimum atomic E-state index is -1.47. The van der Waals surface area contributed by atoms with Gasteiger partial charge in [-0.2, -0.15) is 0 Å². The van der Waals surface area contributed by atoms with E-state index in [4.69, 9.17) is 56.4 Å². The molecular weight excluding hydrogens is 1060 g/mol. The Morgan fingerprint density at radius 3 is 2.29 bits per heavy atom. The third kappa shape index (κ3) is 13.5. The number of cyclic esters (lactones) is 1. The van der Waals surface area contributed by atoms with E-state index in [1.807, 2.05) is 32.0 Å². The van der Waals surface area contributed by atoms with Crippen LogP contribution in [0.15, 0.2) is 30.6 Å². The van der Waals surface area contributed by atoms with E-state index in [0.717, 1.165) is 31.4 Å². The lowest BCUT2D eigenvalue weighted by Crippen LogP contribution is -2.62. The van der Waals surface area contributed by atoms with Crippen molar-refractivity contribution in [3.05, 3.63) is 51.8 Å². The van der Waals surface area contributed by atoms with Crippen LogP contribution in [0.1, 0.15) is 111 Å². The van der Waals surface area contributed by atoms with E-state index in [2.05, 4.69) is 9.88 Å². The van der Waals surface area contributed by atoms with E-state index >= 15 is 4.79 Å². The molecule has 5 fully saturated rings. The molecule has 2 aromatic rings. The molecule has 77 heavy (non-hydrogen) atoms. The fourth-order valence-electron chi connectivity index (χ4n) is 12.4. The molecule has 4 aliphatic heterocycles. The van der Waals surface area contributed by atoms with Crippen molar-refractivity contribution in [3.63, 3.8) is 0 Å². The molecule has 2 amide bonds. The standard InChI is InChI=1S/C56H82Cl2N4O14S/c1-11-44-56(8)45(49(52(68)76-56)77-23-20-62(29-39-40(57)27-59-28-41(39)58)37-17-16-36(30-63)43(25-37)73-38-14-12-13-15-38)33(4)46(64)31(2)26-55(7,70-10)50(34(5)47(65)35(6)51(67)74-44)75-53-48(66)42(24-32(3)72-53)60(9)54(69)61-18-21-71-22-19-61/h16-17,25,27-28,31-35,38,42,44-45,47-50,53,63,65-66H,11-15,18-24,26,29-30H2,1-10H3/t31-,32-,33?,34+,35-,42+,44-,45+,47+,48-,49?,50-,53+,55-,56-/m1/s1. The predicted octanol–water partition coefficient (Wildman–Crippen LogP) is 7.48. The predicted molar refractivity (Wildman–Crippen MR) is 292 cm³/mol. The third-order valence-corrected chi connectivity index (χ3v) is 19.0. The number of aromatic nitrogens is 1. The molecule has 1 aromatic carbocycles. The molecule has 15 atom stereocenters. The quantitative estimate of drug-likeness (QED) is 0.147. The van der Waals surface area contributed by atoms with Crippen molar-refractivity contribution in [2.45, 2.75) is 179 Å². The zero-order valence-corrected chi connectivity index (χ0v) is 48.7. The molecule has 1 saturated carbocycles. The molecule has 0 spiro atoms. The van der Waals surface area contributed by atoms with E-state index in [1.54, 1.807) is 53.5 Å². The molecule has 18 nitrogen and oxygen atoms in total. The van der Waals surface area contributed by atoms with Crippen LogP contribution in [-0.4, -0.2) is 172 Å². The van der Waals surface area contributed by atoms with Crippen molar-refractivity contribution >= 4 is 64.4 Å². The number of likely N-dealkylation sites (N-methyl/N-ethyl adjacent to an activating group) is 1. The second-order valence-electron chi connectivity index (χ2n) is 22.3. The van der Waals surface area contributed by atoms with Crippen molar-refractivity contribution < 1.29 is 67.7 Å². The lowest BCUT2D eigenvalue weighted by atomic mass is 9.70. The Bertz CT molecular complexity index is 2340. The van der Waals surface area contributed by atoms with Crippen LogP contribution in [0.4, 0.5) is 10.5 Å². The molecule has 0 bridgehead atoms. The van der Waals surface area contributed by atoms with Gasteiger partial charge in [-0.3, -0.25) is 19.4 Å². The number of hydrogen-bond acceptors (Lipinski definition) is 17. The highest BCUT2D eigenvalue weighted by Gasteiger charge is 2.62. The van der Waals surface area contributed by atoms with Gasteiger partial charge >= 0.3 is 18.0 Å². The maximum absolute atomic E-state index is 15.2. The highest BCUT2D eigenvalue weighted by Crippen LogP contribution is 2.49. The summed E-state index contributed by atoms with van der Waals surface area (Å²) < 4.78 is 44.1. The van der Waals surface area contributed by atoms with Gasteiger partial charge in [0.15, 0.2) is 11.9 Å². The molecule has 2 unspecified atom stereocenters. The summed E-state index contributed by atoms with van der Waals surface area (Å²) in [5.74, 6) is -4.93. The van der Waals surface area contributed by atoms with Gasteiger partial charge in [0, 0.05) is 105 Å². The first kappa shape index (κ1) is 61.1. The number of nitrogens with zero attached hydrogens (tertiary/aromatic N) is 4. The van der Waals surface area contributed by atoms with E-state index in [0.29, 0.717) is 71.9 Å². The van der Waals surface area contributed by atoms with Gasteiger partial charge in [0.05, 0.1) is 71.8 Å².